The van der Waals surface area contributed by atoms with Crippen LogP contribution in [0.5, 0.6) is 0 Å². The quantitative estimate of drug-likeness (QED) is 0.471. The van der Waals surface area contributed by atoms with Crippen LogP contribution >= 0.6 is 30.7 Å². The summed E-state index contributed by atoms with van der Waals surface area (Å²) in [4.78, 5) is 9.78. The summed E-state index contributed by atoms with van der Waals surface area (Å²) in [7, 11) is 0.304. The molecule has 9 heteroatoms. The fraction of sp³-hybridized carbons (Fsp3) is 0.381. The molecule has 0 fully saturated rings. The van der Waals surface area contributed by atoms with Crippen LogP contribution in [0.25, 0.3) is 15.8 Å². The number of rotatable bonds is 8. The Kier molecular flexibility index (Phi) is 6.42. The van der Waals surface area contributed by atoms with Gasteiger partial charge in [-0.15, -0.1) is 11.3 Å². The lowest BCUT2D eigenvalue weighted by atomic mass is 10.1. The van der Waals surface area contributed by atoms with Crippen LogP contribution in [0.1, 0.15) is 19.4 Å². The van der Waals surface area contributed by atoms with Gasteiger partial charge in [-0.3, -0.25) is 9.56 Å². The van der Waals surface area contributed by atoms with Crippen molar-refractivity contribution in [2.75, 3.05) is 40.4 Å². The molecule has 0 unspecified atom stereocenters. The molecule has 6 nitrogen and oxygen atoms in total. The van der Waals surface area contributed by atoms with Crippen LogP contribution in [0.2, 0.25) is 0 Å². The van der Waals surface area contributed by atoms with Crippen molar-refractivity contribution in [3.63, 3.8) is 0 Å². The number of aliphatic imine (C=N–C) groups is 1. The molecule has 2 aromatic rings. The molecule has 1 aromatic carbocycles. The summed E-state index contributed by atoms with van der Waals surface area (Å²) in [5.74, 6) is 0. The first-order valence-electron chi connectivity index (χ1n) is 9.98. The number of benzene rings is 1. The van der Waals surface area contributed by atoms with Gasteiger partial charge in [-0.2, -0.15) is 0 Å². The van der Waals surface area contributed by atoms with Gasteiger partial charge in [-0.25, -0.2) is 0 Å². The fourth-order valence-corrected chi connectivity index (χ4v) is 7.58. The van der Waals surface area contributed by atoms with E-state index in [2.05, 4.69) is 39.5 Å². The van der Waals surface area contributed by atoms with E-state index < -0.39 is 7.60 Å². The first-order valence-corrected chi connectivity index (χ1v) is 13.2. The molecule has 0 N–H and O–H groups in total. The second kappa shape index (κ2) is 8.89. The maximum absolute atomic E-state index is 13.6. The molecule has 0 atom stereocenters. The van der Waals surface area contributed by atoms with E-state index in [-0.39, 0.29) is 0 Å². The molecule has 0 aliphatic carbocycles. The van der Waals surface area contributed by atoms with Gasteiger partial charge in [0.25, 0.3) is 0 Å². The van der Waals surface area contributed by atoms with Crippen molar-refractivity contribution in [3.05, 3.63) is 51.6 Å². The highest BCUT2D eigenvalue weighted by molar-refractivity contribution is 8.17. The molecule has 0 saturated carbocycles. The minimum absolute atomic E-state index is 0.315. The van der Waals surface area contributed by atoms with Gasteiger partial charge in [0, 0.05) is 46.6 Å². The predicted octanol–water partition coefficient (Wildman–Crippen LogP) is 5.66. The predicted molar refractivity (Wildman–Crippen MR) is 128 cm³/mol. The summed E-state index contributed by atoms with van der Waals surface area (Å²) in [5.41, 5.74) is 2.85. The summed E-state index contributed by atoms with van der Waals surface area (Å²) in [6.07, 6.45) is 1.96. The molecule has 1 aromatic heterocycles. The summed E-state index contributed by atoms with van der Waals surface area (Å²) in [6, 6.07) is 8.43. The SMILES string of the molecule is CCOP(=O)(OCC)C(=CC1=C(c2csc3ccccc23)N2CCN=C2S1)N(C)C. The van der Waals surface area contributed by atoms with Crippen molar-refractivity contribution in [3.8, 4) is 0 Å². The van der Waals surface area contributed by atoms with Gasteiger partial charge in [0.1, 0.15) is 5.44 Å². The first-order chi connectivity index (χ1) is 14.5. The third-order valence-electron chi connectivity index (χ3n) is 4.84. The maximum atomic E-state index is 13.6. The van der Waals surface area contributed by atoms with Crippen molar-refractivity contribution in [1.29, 1.82) is 0 Å². The molecule has 0 radical (unpaired) electrons. The highest BCUT2D eigenvalue weighted by Gasteiger charge is 2.37. The van der Waals surface area contributed by atoms with E-state index in [1.54, 1.807) is 23.1 Å². The summed E-state index contributed by atoms with van der Waals surface area (Å²) in [5, 5.41) is 4.42. The molecule has 160 valence electrons. The smallest absolute Gasteiger partial charge is 0.371 e. The van der Waals surface area contributed by atoms with E-state index >= 15 is 0 Å². The highest BCUT2D eigenvalue weighted by Crippen LogP contribution is 2.58. The summed E-state index contributed by atoms with van der Waals surface area (Å²) >= 11 is 3.36. The Labute approximate surface area is 185 Å². The zero-order chi connectivity index (χ0) is 21.3. The molecule has 0 bridgehead atoms. The monoisotopic (exact) mass is 463 g/mol. The summed E-state index contributed by atoms with van der Waals surface area (Å²) < 4.78 is 26.1. The molecule has 0 amide bonds. The van der Waals surface area contributed by atoms with E-state index in [0.717, 1.165) is 28.9 Å². The minimum Gasteiger partial charge on any atom is -0.371 e. The van der Waals surface area contributed by atoms with Crippen LogP contribution in [0, 0.1) is 0 Å². The second-order valence-electron chi connectivity index (χ2n) is 7.01. The zero-order valence-electron chi connectivity index (χ0n) is 17.6. The van der Waals surface area contributed by atoms with Crippen LogP contribution in [0.4, 0.5) is 0 Å². The molecule has 0 saturated heterocycles. The van der Waals surface area contributed by atoms with Gasteiger partial charge in [-0.1, -0.05) is 18.2 Å². The Bertz CT molecular complexity index is 1080. The molecule has 4 rings (SSSR count). The number of thioether (sulfide) groups is 1. The Morgan fingerprint density at radius 1 is 1.27 bits per heavy atom. The Morgan fingerprint density at radius 3 is 2.70 bits per heavy atom. The van der Waals surface area contributed by atoms with Crippen LogP contribution in [0.15, 0.2) is 51.1 Å². The fourth-order valence-electron chi connectivity index (χ4n) is 3.62. The molecular weight excluding hydrogens is 437 g/mol. The molecule has 2 aliphatic rings. The average molecular weight is 464 g/mol. The first kappa shape index (κ1) is 21.7. The van der Waals surface area contributed by atoms with Gasteiger partial charge < -0.3 is 18.8 Å². The zero-order valence-corrected chi connectivity index (χ0v) is 20.2. The van der Waals surface area contributed by atoms with E-state index in [0.29, 0.717) is 18.7 Å². The normalized spacial score (nSPS) is 17.1. The maximum Gasteiger partial charge on any atom is 0.377 e. The average Bonchev–Trinajstić information content (AvgIpc) is 3.40. The lowest BCUT2D eigenvalue weighted by molar-refractivity contribution is 0.219. The van der Waals surface area contributed by atoms with E-state index in [1.807, 2.05) is 38.9 Å². The molecule has 3 heterocycles. The number of hydrogen-bond donors (Lipinski definition) is 0. The van der Waals surface area contributed by atoms with Gasteiger partial charge >= 0.3 is 7.60 Å². The van der Waals surface area contributed by atoms with Crippen molar-refractivity contribution in [2.24, 2.45) is 4.99 Å². The van der Waals surface area contributed by atoms with E-state index in [1.165, 1.54) is 15.6 Å². The molecule has 2 aliphatic heterocycles. The Hall–Kier alpha value is -1.57. The third-order valence-corrected chi connectivity index (χ3v) is 9.15. The topological polar surface area (TPSA) is 54.4 Å². The molecule has 0 spiro atoms. The number of thiophene rings is 1. The van der Waals surface area contributed by atoms with Crippen LogP contribution in [0.3, 0.4) is 0 Å². The number of amidine groups is 1. The lowest BCUT2D eigenvalue weighted by Crippen LogP contribution is -2.19. The van der Waals surface area contributed by atoms with Crippen LogP contribution in [-0.2, 0) is 13.6 Å². The standard InChI is InChI=1S/C21H26N3O3PS2/c1-5-26-28(25,27-6-2)19(23(3)4)13-18-20(24-12-11-22-21(24)30-18)16-14-29-17-10-8-7-9-15(16)17/h7-10,13-14H,5-6,11-12H2,1-4H3. The van der Waals surface area contributed by atoms with Gasteiger partial charge in [-0.05, 0) is 37.8 Å². The van der Waals surface area contributed by atoms with Gasteiger partial charge in [0.15, 0.2) is 5.17 Å². The third kappa shape index (κ3) is 3.87. The molecular formula is C21H26N3O3PS2. The lowest BCUT2D eigenvalue weighted by Gasteiger charge is -2.25. The van der Waals surface area contributed by atoms with Gasteiger partial charge in [0.2, 0.25) is 0 Å². The second-order valence-corrected chi connectivity index (χ2v) is 10.9. The van der Waals surface area contributed by atoms with Crippen LogP contribution in [-0.4, -0.2) is 55.4 Å². The van der Waals surface area contributed by atoms with Crippen molar-refractivity contribution < 1.29 is 13.6 Å². The minimum atomic E-state index is -3.44. The van der Waals surface area contributed by atoms with Crippen molar-refractivity contribution >= 4 is 51.6 Å². The summed E-state index contributed by atoms with van der Waals surface area (Å²) in [6.45, 7) is 5.93. The van der Waals surface area contributed by atoms with Crippen molar-refractivity contribution in [2.45, 2.75) is 13.8 Å². The van der Waals surface area contributed by atoms with E-state index in [4.69, 9.17) is 9.05 Å². The number of nitrogens with zero attached hydrogens (tertiary/aromatic N) is 3. The Morgan fingerprint density at radius 2 is 2.00 bits per heavy atom. The molecule has 30 heavy (non-hydrogen) atoms. The van der Waals surface area contributed by atoms with E-state index in [9.17, 15) is 4.57 Å². The number of hydrogen-bond acceptors (Lipinski definition) is 8. The number of fused-ring (bicyclic) bond motifs is 2. The van der Waals surface area contributed by atoms with Crippen molar-refractivity contribution in [1.82, 2.24) is 9.80 Å². The van der Waals surface area contributed by atoms with Crippen LogP contribution < -0.4 is 0 Å². The highest BCUT2D eigenvalue weighted by atomic mass is 32.2. The number of allylic oxidation sites excluding steroid dienone is 1. The van der Waals surface area contributed by atoms with Gasteiger partial charge in [0.05, 0.1) is 25.5 Å². The largest absolute Gasteiger partial charge is 0.377 e. The Balaban J connectivity index is 1.89.